The third-order valence-corrected chi connectivity index (χ3v) is 4.54. The van der Waals surface area contributed by atoms with Crippen molar-refractivity contribution in [3.05, 3.63) is 26.7 Å². The van der Waals surface area contributed by atoms with Gasteiger partial charge in [-0.3, -0.25) is 0 Å². The van der Waals surface area contributed by atoms with E-state index in [0.29, 0.717) is 16.1 Å². The van der Waals surface area contributed by atoms with Gasteiger partial charge in [-0.15, -0.1) is 0 Å². The molecule has 0 aliphatic heterocycles. The maximum Gasteiger partial charge on any atom is 0.0835 e. The van der Waals surface area contributed by atoms with Gasteiger partial charge in [0.15, 0.2) is 0 Å². The number of halogens is 3. The van der Waals surface area contributed by atoms with E-state index in [2.05, 4.69) is 28.2 Å². The van der Waals surface area contributed by atoms with Crippen LogP contribution >= 0.6 is 39.1 Å². The number of hydrogen-bond donors (Lipinski definition) is 1. The molecule has 0 saturated heterocycles. The molecule has 0 heterocycles. The Morgan fingerprint density at radius 1 is 1.27 bits per heavy atom. The van der Waals surface area contributed by atoms with Gasteiger partial charge < -0.3 is 5.32 Å². The van der Waals surface area contributed by atoms with E-state index in [1.165, 1.54) is 12.8 Å². The minimum Gasteiger partial charge on any atom is -0.381 e. The second-order valence-corrected chi connectivity index (χ2v) is 5.75. The largest absolute Gasteiger partial charge is 0.381 e. The molecule has 0 amide bonds. The van der Waals surface area contributed by atoms with Crippen molar-refractivity contribution in [2.75, 3.05) is 5.32 Å². The van der Waals surface area contributed by atoms with Gasteiger partial charge in [0.25, 0.3) is 0 Å². The first-order valence-electron chi connectivity index (χ1n) is 4.98. The fraction of sp³-hybridized carbons (Fsp3) is 0.455. The van der Waals surface area contributed by atoms with E-state index in [-0.39, 0.29) is 0 Å². The van der Waals surface area contributed by atoms with Crippen LogP contribution in [0.25, 0.3) is 0 Å². The number of benzene rings is 1. The molecular formula is C11H12BrCl2N. The van der Waals surface area contributed by atoms with Gasteiger partial charge in [0.05, 0.1) is 15.7 Å². The molecule has 0 unspecified atom stereocenters. The zero-order chi connectivity index (χ0) is 11.0. The molecule has 82 valence electrons. The van der Waals surface area contributed by atoms with E-state index in [4.69, 9.17) is 23.2 Å². The van der Waals surface area contributed by atoms with Crippen LogP contribution < -0.4 is 5.32 Å². The van der Waals surface area contributed by atoms with Crippen molar-refractivity contribution in [1.29, 1.82) is 0 Å². The molecule has 1 nitrogen and oxygen atoms in total. The second kappa shape index (κ2) is 4.52. The lowest BCUT2D eigenvalue weighted by atomic mass is 9.82. The molecular weight excluding hydrogens is 297 g/mol. The van der Waals surface area contributed by atoms with E-state index in [0.717, 1.165) is 16.1 Å². The van der Waals surface area contributed by atoms with Gasteiger partial charge >= 0.3 is 0 Å². The first kappa shape index (κ1) is 11.6. The molecule has 0 aromatic heterocycles. The Morgan fingerprint density at radius 2 is 1.93 bits per heavy atom. The highest BCUT2D eigenvalue weighted by Gasteiger charge is 2.25. The first-order valence-corrected chi connectivity index (χ1v) is 6.53. The molecule has 1 aliphatic rings. The molecule has 1 aliphatic carbocycles. The van der Waals surface area contributed by atoms with Gasteiger partial charge in [-0.2, -0.15) is 0 Å². The van der Waals surface area contributed by atoms with E-state index < -0.39 is 0 Å². The van der Waals surface area contributed by atoms with Crippen molar-refractivity contribution in [2.45, 2.75) is 25.8 Å². The van der Waals surface area contributed by atoms with Gasteiger partial charge in [-0.1, -0.05) is 30.1 Å². The van der Waals surface area contributed by atoms with Gasteiger partial charge in [-0.05, 0) is 46.8 Å². The highest BCUT2D eigenvalue weighted by Crippen LogP contribution is 2.38. The van der Waals surface area contributed by atoms with Crippen LogP contribution in [-0.2, 0) is 0 Å². The highest BCUT2D eigenvalue weighted by molar-refractivity contribution is 9.10. The molecule has 0 spiro atoms. The number of rotatable bonds is 2. The Kier molecular flexibility index (Phi) is 3.49. The Hall–Kier alpha value is 0.0800. The molecule has 0 bridgehead atoms. The molecule has 1 N–H and O–H groups in total. The Morgan fingerprint density at radius 3 is 2.53 bits per heavy atom. The summed E-state index contributed by atoms with van der Waals surface area (Å²) in [6.45, 7) is 2.26. The zero-order valence-electron chi connectivity index (χ0n) is 8.36. The van der Waals surface area contributed by atoms with Crippen molar-refractivity contribution >= 4 is 44.8 Å². The summed E-state index contributed by atoms with van der Waals surface area (Å²) in [5.74, 6) is 0.826. The summed E-state index contributed by atoms with van der Waals surface area (Å²) in [7, 11) is 0. The predicted octanol–water partition coefficient (Wildman–Crippen LogP) is 4.97. The monoisotopic (exact) mass is 307 g/mol. The third-order valence-electron chi connectivity index (χ3n) is 2.77. The van der Waals surface area contributed by atoms with Crippen molar-refractivity contribution in [3.63, 3.8) is 0 Å². The van der Waals surface area contributed by atoms with Gasteiger partial charge in [-0.25, -0.2) is 0 Å². The summed E-state index contributed by atoms with van der Waals surface area (Å²) in [5, 5.41) is 4.59. The van der Waals surface area contributed by atoms with Crippen molar-refractivity contribution in [2.24, 2.45) is 5.92 Å². The Balaban J connectivity index is 2.12. The smallest absolute Gasteiger partial charge is 0.0835 e. The maximum absolute atomic E-state index is 6.14. The molecule has 2 rings (SSSR count). The molecule has 1 aromatic rings. The fourth-order valence-corrected chi connectivity index (χ4v) is 2.71. The van der Waals surface area contributed by atoms with E-state index in [1.54, 1.807) is 0 Å². The third kappa shape index (κ3) is 2.43. The minimum absolute atomic E-state index is 0.551. The van der Waals surface area contributed by atoms with Crippen LogP contribution in [0.15, 0.2) is 16.6 Å². The average molecular weight is 309 g/mol. The number of hydrogen-bond acceptors (Lipinski definition) is 1. The van der Waals surface area contributed by atoms with Crippen molar-refractivity contribution in [1.82, 2.24) is 0 Å². The summed E-state index contributed by atoms with van der Waals surface area (Å²) in [4.78, 5) is 0. The topological polar surface area (TPSA) is 12.0 Å². The van der Waals surface area contributed by atoms with Crippen LogP contribution in [0.5, 0.6) is 0 Å². The lowest BCUT2D eigenvalue weighted by molar-refractivity contribution is 0.309. The summed E-state index contributed by atoms with van der Waals surface area (Å²) >= 11 is 15.5. The summed E-state index contributed by atoms with van der Waals surface area (Å²) in [6, 6.07) is 4.43. The van der Waals surface area contributed by atoms with Crippen LogP contribution in [0.2, 0.25) is 10.0 Å². The van der Waals surface area contributed by atoms with E-state index in [9.17, 15) is 0 Å². The van der Waals surface area contributed by atoms with Crippen molar-refractivity contribution < 1.29 is 0 Å². The molecule has 15 heavy (non-hydrogen) atoms. The summed E-state index contributed by atoms with van der Waals surface area (Å²) in [5.41, 5.74) is 0.932. The predicted molar refractivity (Wildman–Crippen MR) is 70.0 cm³/mol. The summed E-state index contributed by atoms with van der Waals surface area (Å²) in [6.07, 6.45) is 2.42. The van der Waals surface area contributed by atoms with Gasteiger partial charge in [0.1, 0.15) is 0 Å². The zero-order valence-corrected chi connectivity index (χ0v) is 11.5. The van der Waals surface area contributed by atoms with Crippen LogP contribution in [0.1, 0.15) is 19.8 Å². The normalized spacial score (nSPS) is 24.8. The standard InChI is InChI=1S/C11H12BrCl2N/c1-6-4-7(5-6)15-9-3-2-8(12)10(13)11(9)14/h2-3,6-7,15H,4-5H2,1H3. The Bertz CT molecular complexity index is 375. The van der Waals surface area contributed by atoms with Crippen LogP contribution in [0.3, 0.4) is 0 Å². The second-order valence-electron chi connectivity index (χ2n) is 4.14. The molecule has 0 atom stereocenters. The average Bonchev–Trinajstić information content (AvgIpc) is 2.16. The lowest BCUT2D eigenvalue weighted by Gasteiger charge is -2.34. The quantitative estimate of drug-likeness (QED) is 0.761. The Labute approximate surface area is 108 Å². The van der Waals surface area contributed by atoms with Crippen LogP contribution in [0.4, 0.5) is 5.69 Å². The summed E-state index contributed by atoms with van der Waals surface area (Å²) < 4.78 is 0.835. The minimum atomic E-state index is 0.551. The molecule has 1 saturated carbocycles. The SMILES string of the molecule is CC1CC(Nc2ccc(Br)c(Cl)c2Cl)C1. The van der Waals surface area contributed by atoms with E-state index >= 15 is 0 Å². The fourth-order valence-electron chi connectivity index (χ4n) is 1.88. The maximum atomic E-state index is 6.14. The molecule has 0 radical (unpaired) electrons. The molecule has 1 fully saturated rings. The lowest BCUT2D eigenvalue weighted by Crippen LogP contribution is -2.33. The number of anilines is 1. The van der Waals surface area contributed by atoms with Crippen LogP contribution in [-0.4, -0.2) is 6.04 Å². The van der Waals surface area contributed by atoms with Gasteiger partial charge in [0, 0.05) is 10.5 Å². The van der Waals surface area contributed by atoms with Crippen molar-refractivity contribution in [3.8, 4) is 0 Å². The first-order chi connectivity index (χ1) is 7.08. The van der Waals surface area contributed by atoms with Gasteiger partial charge in [0.2, 0.25) is 0 Å². The van der Waals surface area contributed by atoms with E-state index in [1.807, 2.05) is 12.1 Å². The molecule has 1 aromatic carbocycles. The molecule has 4 heteroatoms. The van der Waals surface area contributed by atoms with Crippen LogP contribution in [0, 0.1) is 5.92 Å². The number of nitrogens with one attached hydrogen (secondary N) is 1. The highest BCUT2D eigenvalue weighted by atomic mass is 79.9.